The van der Waals surface area contributed by atoms with Crippen molar-refractivity contribution < 1.29 is 4.74 Å². The number of hydrogen-bond acceptors (Lipinski definition) is 4. The lowest BCUT2D eigenvalue weighted by Gasteiger charge is -1.99. The summed E-state index contributed by atoms with van der Waals surface area (Å²) in [6.45, 7) is 1.37. The van der Waals surface area contributed by atoms with Crippen LogP contribution < -0.4 is 10.5 Å². The summed E-state index contributed by atoms with van der Waals surface area (Å²) >= 11 is 1.71. The summed E-state index contributed by atoms with van der Waals surface area (Å²) < 4.78 is 5.42. The molecule has 0 bridgehead atoms. The zero-order chi connectivity index (χ0) is 9.10. The van der Waals surface area contributed by atoms with Crippen molar-refractivity contribution in [2.45, 2.75) is 25.2 Å². The van der Waals surface area contributed by atoms with Crippen LogP contribution in [0.4, 0.5) is 0 Å². The Kier molecular flexibility index (Phi) is 2.80. The molecule has 1 aliphatic rings. The lowest BCUT2D eigenvalue weighted by molar-refractivity contribution is 0.303. The smallest absolute Gasteiger partial charge is 0.224 e. The molecule has 2 rings (SSSR count). The van der Waals surface area contributed by atoms with Gasteiger partial charge in [-0.05, 0) is 25.8 Å². The molecule has 72 valence electrons. The first-order valence-electron chi connectivity index (χ1n) is 4.68. The maximum atomic E-state index is 5.42. The molecule has 1 aliphatic carbocycles. The average Bonchev–Trinajstić information content (AvgIpc) is 2.88. The Morgan fingerprint density at radius 3 is 3.15 bits per heavy atom. The van der Waals surface area contributed by atoms with Gasteiger partial charge in [-0.2, -0.15) is 0 Å². The van der Waals surface area contributed by atoms with Gasteiger partial charge in [-0.3, -0.25) is 0 Å². The Balaban J connectivity index is 1.82. The van der Waals surface area contributed by atoms with Gasteiger partial charge in [0.2, 0.25) is 5.88 Å². The third kappa shape index (κ3) is 2.42. The van der Waals surface area contributed by atoms with Crippen LogP contribution in [0, 0.1) is 0 Å². The van der Waals surface area contributed by atoms with E-state index in [1.807, 2.05) is 5.38 Å². The van der Waals surface area contributed by atoms with Crippen molar-refractivity contribution in [3.63, 3.8) is 0 Å². The molecule has 2 N–H and O–H groups in total. The summed E-state index contributed by atoms with van der Waals surface area (Å²) in [5, 5.41) is 3.23. The second kappa shape index (κ2) is 4.07. The quantitative estimate of drug-likeness (QED) is 0.733. The number of rotatable bonds is 5. The third-order valence-corrected chi connectivity index (χ3v) is 3.01. The molecule has 0 atom stereocenters. The van der Waals surface area contributed by atoms with E-state index in [0.29, 0.717) is 13.2 Å². The number of hydrogen-bond donors (Lipinski definition) is 1. The number of nitrogens with two attached hydrogens (primary N) is 1. The van der Waals surface area contributed by atoms with E-state index in [-0.39, 0.29) is 0 Å². The fourth-order valence-corrected chi connectivity index (χ4v) is 2.03. The van der Waals surface area contributed by atoms with Gasteiger partial charge in [-0.1, -0.05) is 0 Å². The minimum absolute atomic E-state index is 0.680. The maximum Gasteiger partial charge on any atom is 0.224 e. The molecule has 0 aromatic carbocycles. The third-order valence-electron chi connectivity index (χ3n) is 2.03. The molecular weight excluding hydrogens is 184 g/mol. The predicted octanol–water partition coefficient (Wildman–Crippen LogP) is 1.75. The standard InChI is InChI=1S/C9H14N2OS/c10-4-1-5-12-8-6-13-9(11-8)7-2-3-7/h6-7H,1-5,10H2. The zero-order valence-corrected chi connectivity index (χ0v) is 8.35. The van der Waals surface area contributed by atoms with Crippen molar-refractivity contribution in [1.82, 2.24) is 4.98 Å². The van der Waals surface area contributed by atoms with Crippen LogP contribution in [0.5, 0.6) is 5.88 Å². The van der Waals surface area contributed by atoms with Crippen LogP contribution in [0.25, 0.3) is 0 Å². The molecule has 0 unspecified atom stereocenters. The highest BCUT2D eigenvalue weighted by atomic mass is 32.1. The molecule has 1 fully saturated rings. The highest BCUT2D eigenvalue weighted by Gasteiger charge is 2.26. The highest BCUT2D eigenvalue weighted by Crippen LogP contribution is 2.42. The molecule has 1 aromatic rings. The monoisotopic (exact) mass is 198 g/mol. The predicted molar refractivity (Wildman–Crippen MR) is 53.3 cm³/mol. The Bertz CT molecular complexity index is 270. The topological polar surface area (TPSA) is 48.1 Å². The van der Waals surface area contributed by atoms with E-state index >= 15 is 0 Å². The first kappa shape index (κ1) is 8.97. The fourth-order valence-electron chi connectivity index (χ4n) is 1.12. The lowest BCUT2D eigenvalue weighted by Crippen LogP contribution is -2.06. The number of ether oxygens (including phenoxy) is 1. The van der Waals surface area contributed by atoms with E-state index in [9.17, 15) is 0 Å². The minimum atomic E-state index is 0.680. The Hall–Kier alpha value is -0.610. The van der Waals surface area contributed by atoms with E-state index in [2.05, 4.69) is 4.98 Å². The van der Waals surface area contributed by atoms with Gasteiger partial charge in [-0.15, -0.1) is 11.3 Å². The van der Waals surface area contributed by atoms with Crippen LogP contribution in [0.3, 0.4) is 0 Å². The molecule has 13 heavy (non-hydrogen) atoms. The van der Waals surface area contributed by atoms with E-state index in [4.69, 9.17) is 10.5 Å². The van der Waals surface area contributed by atoms with E-state index in [0.717, 1.165) is 18.2 Å². The lowest BCUT2D eigenvalue weighted by atomic mass is 10.4. The molecule has 1 heterocycles. The Labute approximate surface area is 81.9 Å². The van der Waals surface area contributed by atoms with Crippen LogP contribution in [-0.4, -0.2) is 18.1 Å². The molecule has 1 saturated carbocycles. The number of nitrogens with zero attached hydrogens (tertiary/aromatic N) is 1. The van der Waals surface area contributed by atoms with Crippen LogP contribution in [0.1, 0.15) is 30.2 Å². The molecule has 0 amide bonds. The molecule has 0 saturated heterocycles. The van der Waals surface area contributed by atoms with Crippen LogP contribution in [-0.2, 0) is 0 Å². The fraction of sp³-hybridized carbons (Fsp3) is 0.667. The van der Waals surface area contributed by atoms with Crippen LogP contribution in [0.2, 0.25) is 0 Å². The molecule has 1 aromatic heterocycles. The summed E-state index contributed by atoms with van der Waals surface area (Å²) in [6.07, 6.45) is 3.50. The van der Waals surface area contributed by atoms with Crippen molar-refractivity contribution in [2.24, 2.45) is 5.73 Å². The van der Waals surface area contributed by atoms with Crippen LogP contribution >= 0.6 is 11.3 Å². The van der Waals surface area contributed by atoms with E-state index < -0.39 is 0 Å². The van der Waals surface area contributed by atoms with Gasteiger partial charge >= 0.3 is 0 Å². The van der Waals surface area contributed by atoms with Crippen LogP contribution in [0.15, 0.2) is 5.38 Å². The van der Waals surface area contributed by atoms with Gasteiger partial charge in [0, 0.05) is 5.92 Å². The Morgan fingerprint density at radius 2 is 2.46 bits per heavy atom. The summed E-state index contributed by atoms with van der Waals surface area (Å²) in [4.78, 5) is 4.40. The first-order valence-corrected chi connectivity index (χ1v) is 5.56. The molecule has 0 spiro atoms. The van der Waals surface area contributed by atoms with Gasteiger partial charge in [-0.25, -0.2) is 4.98 Å². The largest absolute Gasteiger partial charge is 0.477 e. The molecule has 0 radical (unpaired) electrons. The molecule has 4 heteroatoms. The average molecular weight is 198 g/mol. The SMILES string of the molecule is NCCCOc1csc(C2CC2)n1. The van der Waals surface area contributed by atoms with Gasteiger partial charge in [0.1, 0.15) is 0 Å². The summed E-state index contributed by atoms with van der Waals surface area (Å²) in [5.74, 6) is 1.51. The summed E-state index contributed by atoms with van der Waals surface area (Å²) in [6, 6.07) is 0. The molecule has 3 nitrogen and oxygen atoms in total. The molecular formula is C9H14N2OS. The van der Waals surface area contributed by atoms with Gasteiger partial charge < -0.3 is 10.5 Å². The van der Waals surface area contributed by atoms with Gasteiger partial charge in [0.05, 0.1) is 17.0 Å². The van der Waals surface area contributed by atoms with Crippen molar-refractivity contribution in [3.05, 3.63) is 10.4 Å². The second-order valence-electron chi connectivity index (χ2n) is 3.29. The van der Waals surface area contributed by atoms with Crippen molar-refractivity contribution >= 4 is 11.3 Å². The van der Waals surface area contributed by atoms with Crippen molar-refractivity contribution in [3.8, 4) is 5.88 Å². The normalized spacial score (nSPS) is 16.1. The van der Waals surface area contributed by atoms with E-state index in [1.54, 1.807) is 11.3 Å². The molecule has 0 aliphatic heterocycles. The van der Waals surface area contributed by atoms with Gasteiger partial charge in [0.25, 0.3) is 0 Å². The minimum Gasteiger partial charge on any atom is -0.477 e. The maximum absolute atomic E-state index is 5.42. The second-order valence-corrected chi connectivity index (χ2v) is 4.18. The summed E-state index contributed by atoms with van der Waals surface area (Å²) in [7, 11) is 0. The Morgan fingerprint density at radius 1 is 1.62 bits per heavy atom. The first-order chi connectivity index (χ1) is 6.40. The highest BCUT2D eigenvalue weighted by molar-refractivity contribution is 7.09. The zero-order valence-electron chi connectivity index (χ0n) is 7.53. The van der Waals surface area contributed by atoms with Gasteiger partial charge in [0.15, 0.2) is 0 Å². The number of aromatic nitrogens is 1. The van der Waals surface area contributed by atoms with Crippen molar-refractivity contribution in [1.29, 1.82) is 0 Å². The number of thiazole rings is 1. The van der Waals surface area contributed by atoms with Crippen molar-refractivity contribution in [2.75, 3.05) is 13.2 Å². The summed E-state index contributed by atoms with van der Waals surface area (Å²) in [5.41, 5.74) is 5.36. The van der Waals surface area contributed by atoms with E-state index in [1.165, 1.54) is 17.8 Å².